The summed E-state index contributed by atoms with van der Waals surface area (Å²) in [6.45, 7) is 0. The average molecular weight is 280 g/mol. The molecule has 0 saturated carbocycles. The second-order valence-electron chi connectivity index (χ2n) is 3.29. The molecule has 18 heavy (non-hydrogen) atoms. The molecule has 98 valence electrons. The lowest BCUT2D eigenvalue weighted by Gasteiger charge is -2.06. The first-order chi connectivity index (χ1) is 8.18. The van der Waals surface area contributed by atoms with Crippen molar-refractivity contribution in [3.05, 3.63) is 53.0 Å². The van der Waals surface area contributed by atoms with Crippen LogP contribution in [0.2, 0.25) is 0 Å². The molecule has 1 aromatic rings. The highest BCUT2D eigenvalue weighted by Gasteiger charge is 2.30. The summed E-state index contributed by atoms with van der Waals surface area (Å²) < 4.78 is 69.3. The Hall–Kier alpha value is -1.63. The molecule has 0 aliphatic rings. The number of benzene rings is 1. The summed E-state index contributed by atoms with van der Waals surface area (Å²) in [6.07, 6.45) is -1.19. The Morgan fingerprint density at radius 2 is 1.78 bits per heavy atom. The summed E-state index contributed by atoms with van der Waals surface area (Å²) in [5.74, 6) is 0. The van der Waals surface area contributed by atoms with E-state index in [0.29, 0.717) is 5.41 Å². The molecule has 0 aliphatic heterocycles. The second-order valence-corrected chi connectivity index (χ2v) is 4.51. The Morgan fingerprint density at radius 3 is 2.33 bits per heavy atom. The fourth-order valence-corrected chi connectivity index (χ4v) is 1.40. The molecular weight excluding hydrogens is 272 g/mol. The highest BCUT2D eigenvalue weighted by Crippen LogP contribution is 2.29. The number of rotatable bonds is 3. The van der Waals surface area contributed by atoms with Crippen LogP contribution in [0.3, 0.4) is 0 Å². The maximum Gasteiger partial charge on any atom is 0.416 e. The van der Waals surface area contributed by atoms with Crippen LogP contribution in [-0.4, -0.2) is 8.42 Å². The van der Waals surface area contributed by atoms with Gasteiger partial charge >= 0.3 is 16.4 Å². The normalized spacial score (nSPS) is 13.6. The minimum atomic E-state index is -4.72. The summed E-state index contributed by atoms with van der Waals surface area (Å²) in [4.78, 5) is 0. The molecular formula is C11H8F4O2S. The molecule has 7 heteroatoms. The van der Waals surface area contributed by atoms with Gasteiger partial charge < -0.3 is 0 Å². The molecule has 0 bridgehead atoms. The predicted octanol–water partition coefficient (Wildman–Crippen LogP) is 3.53. The van der Waals surface area contributed by atoms with Crippen molar-refractivity contribution in [2.24, 2.45) is 0 Å². The molecule has 2 nitrogen and oxygen atoms in total. The van der Waals surface area contributed by atoms with Gasteiger partial charge in [0.1, 0.15) is 0 Å². The first-order valence-corrected chi connectivity index (χ1v) is 6.10. The van der Waals surface area contributed by atoms with Crippen LogP contribution in [0.5, 0.6) is 0 Å². The molecule has 1 aromatic carbocycles. The number of halogens is 4. The van der Waals surface area contributed by atoms with Crippen molar-refractivity contribution in [3.8, 4) is 0 Å². The summed E-state index contributed by atoms with van der Waals surface area (Å²) in [7, 11) is -4.72. The molecule has 0 spiro atoms. The first kappa shape index (κ1) is 14.4. The molecule has 0 aromatic heterocycles. The third-order valence-electron chi connectivity index (χ3n) is 1.85. The van der Waals surface area contributed by atoms with E-state index in [1.165, 1.54) is 18.2 Å². The number of hydrogen-bond donors (Lipinski definition) is 0. The van der Waals surface area contributed by atoms with Gasteiger partial charge in [0, 0.05) is 0 Å². The van der Waals surface area contributed by atoms with Crippen molar-refractivity contribution in [1.29, 1.82) is 0 Å². The fourth-order valence-electron chi connectivity index (χ4n) is 1.12. The lowest BCUT2D eigenvalue weighted by molar-refractivity contribution is -0.137. The van der Waals surface area contributed by atoms with Gasteiger partial charge in [-0.1, -0.05) is 24.3 Å². The monoisotopic (exact) mass is 280 g/mol. The van der Waals surface area contributed by atoms with Crippen molar-refractivity contribution in [2.45, 2.75) is 6.18 Å². The van der Waals surface area contributed by atoms with E-state index in [1.807, 2.05) is 0 Å². The Balaban J connectivity index is 2.87. The predicted molar refractivity (Wildman–Crippen MR) is 59.6 cm³/mol. The Morgan fingerprint density at radius 1 is 1.11 bits per heavy atom. The van der Waals surface area contributed by atoms with Gasteiger partial charge in [-0.3, -0.25) is 0 Å². The third kappa shape index (κ3) is 5.13. The van der Waals surface area contributed by atoms with Gasteiger partial charge in [0.2, 0.25) is 0 Å². The summed E-state index contributed by atoms with van der Waals surface area (Å²) in [5, 5.41) is 0.303. The standard InChI is InChI=1S/C11H8F4O2S/c12-11(13,14)10-6-3-5-9(8-10)4-1-2-7-18(15,16)17/h1-8H/b4-1+,7-2+. The Labute approximate surface area is 101 Å². The molecule has 0 aliphatic carbocycles. The van der Waals surface area contributed by atoms with Crippen LogP contribution in [0.25, 0.3) is 6.08 Å². The molecule has 0 N–H and O–H groups in total. The molecule has 1 rings (SSSR count). The summed E-state index contributed by atoms with van der Waals surface area (Å²) in [6, 6.07) is 4.44. The van der Waals surface area contributed by atoms with Crippen molar-refractivity contribution in [1.82, 2.24) is 0 Å². The molecule has 0 saturated heterocycles. The smallest absolute Gasteiger partial charge is 0.190 e. The van der Waals surface area contributed by atoms with Crippen LogP contribution in [0.15, 0.2) is 41.8 Å². The van der Waals surface area contributed by atoms with Gasteiger partial charge in [-0.25, -0.2) is 0 Å². The van der Waals surface area contributed by atoms with Crippen LogP contribution in [0.4, 0.5) is 17.1 Å². The van der Waals surface area contributed by atoms with Crippen molar-refractivity contribution in [2.75, 3.05) is 0 Å². The number of alkyl halides is 3. The van der Waals surface area contributed by atoms with Gasteiger partial charge in [0.05, 0.1) is 11.0 Å². The van der Waals surface area contributed by atoms with Crippen LogP contribution >= 0.6 is 0 Å². The van der Waals surface area contributed by atoms with Gasteiger partial charge in [-0.15, -0.1) is 3.89 Å². The minimum absolute atomic E-state index is 0.228. The quantitative estimate of drug-likeness (QED) is 0.482. The zero-order chi connectivity index (χ0) is 13.8. The summed E-state index contributed by atoms with van der Waals surface area (Å²) >= 11 is 0. The number of hydrogen-bond acceptors (Lipinski definition) is 2. The lowest BCUT2D eigenvalue weighted by Crippen LogP contribution is -2.04. The highest BCUT2D eigenvalue weighted by molar-refractivity contribution is 7.89. The van der Waals surface area contributed by atoms with Crippen molar-refractivity contribution < 1.29 is 25.5 Å². The van der Waals surface area contributed by atoms with E-state index in [-0.39, 0.29) is 5.56 Å². The van der Waals surface area contributed by atoms with E-state index in [0.717, 1.165) is 24.3 Å². The van der Waals surface area contributed by atoms with Crippen LogP contribution in [0.1, 0.15) is 11.1 Å². The molecule has 0 fully saturated rings. The van der Waals surface area contributed by atoms with Crippen LogP contribution in [0, 0.1) is 0 Å². The zero-order valence-electron chi connectivity index (χ0n) is 8.86. The SMILES string of the molecule is O=S(=O)(F)/C=C/C=C/c1cccc(C(F)(F)F)c1. The maximum absolute atomic E-state index is 12.3. The molecule has 0 atom stereocenters. The lowest BCUT2D eigenvalue weighted by atomic mass is 10.1. The average Bonchev–Trinajstić information content (AvgIpc) is 2.22. The van der Waals surface area contributed by atoms with E-state index < -0.39 is 22.0 Å². The minimum Gasteiger partial charge on any atom is -0.190 e. The van der Waals surface area contributed by atoms with Crippen molar-refractivity contribution >= 4 is 16.3 Å². The van der Waals surface area contributed by atoms with Crippen LogP contribution in [-0.2, 0) is 16.4 Å². The van der Waals surface area contributed by atoms with Gasteiger partial charge in [-0.05, 0) is 23.8 Å². The van der Waals surface area contributed by atoms with E-state index in [2.05, 4.69) is 0 Å². The van der Waals surface area contributed by atoms with E-state index in [4.69, 9.17) is 0 Å². The molecule has 0 unspecified atom stereocenters. The van der Waals surface area contributed by atoms with Gasteiger partial charge in [-0.2, -0.15) is 21.6 Å². The van der Waals surface area contributed by atoms with E-state index >= 15 is 0 Å². The zero-order valence-corrected chi connectivity index (χ0v) is 9.67. The first-order valence-electron chi connectivity index (χ1n) is 4.65. The third-order valence-corrected chi connectivity index (χ3v) is 2.34. The highest BCUT2D eigenvalue weighted by atomic mass is 32.3. The van der Waals surface area contributed by atoms with Crippen molar-refractivity contribution in [3.63, 3.8) is 0 Å². The second kappa shape index (κ2) is 5.34. The molecule has 0 radical (unpaired) electrons. The van der Waals surface area contributed by atoms with Gasteiger partial charge in [0.15, 0.2) is 0 Å². The Bertz CT molecular complexity index is 571. The van der Waals surface area contributed by atoms with Crippen LogP contribution < -0.4 is 0 Å². The fraction of sp³-hybridized carbons (Fsp3) is 0.0909. The number of allylic oxidation sites excluding steroid dienone is 2. The largest absolute Gasteiger partial charge is 0.416 e. The maximum atomic E-state index is 12.3. The van der Waals surface area contributed by atoms with Gasteiger partial charge in [0.25, 0.3) is 0 Å². The Kier molecular flexibility index (Phi) is 4.28. The topological polar surface area (TPSA) is 34.1 Å². The molecule has 0 heterocycles. The van der Waals surface area contributed by atoms with E-state index in [9.17, 15) is 25.5 Å². The summed E-state index contributed by atoms with van der Waals surface area (Å²) in [5.41, 5.74) is -0.586. The molecule has 0 amide bonds. The van der Waals surface area contributed by atoms with E-state index in [1.54, 1.807) is 0 Å².